The molecule has 17 heavy (non-hydrogen) atoms. The van der Waals surface area contributed by atoms with Crippen LogP contribution < -0.4 is 0 Å². The van der Waals surface area contributed by atoms with E-state index in [1.807, 2.05) is 31.2 Å². The highest BCUT2D eigenvalue weighted by atomic mass is 14.7. The highest BCUT2D eigenvalue weighted by Gasteiger charge is 2.05. The Bertz CT molecular complexity index is 628. The van der Waals surface area contributed by atoms with E-state index < -0.39 is 0 Å². The minimum absolute atomic E-state index is 0.368. The molecule has 1 aromatic heterocycles. The Kier molecular flexibility index (Phi) is 2.85. The Balaban J connectivity index is 2.52. The summed E-state index contributed by atoms with van der Waals surface area (Å²) in [6, 6.07) is 11.0. The van der Waals surface area contributed by atoms with Crippen molar-refractivity contribution < 1.29 is 0 Å². The van der Waals surface area contributed by atoms with E-state index in [1.54, 1.807) is 18.3 Å². The molecule has 0 aliphatic rings. The van der Waals surface area contributed by atoms with Crippen LogP contribution in [-0.2, 0) is 0 Å². The van der Waals surface area contributed by atoms with Gasteiger partial charge >= 0.3 is 0 Å². The smallest absolute Gasteiger partial charge is 0.205 e. The van der Waals surface area contributed by atoms with Gasteiger partial charge in [0.25, 0.3) is 0 Å². The van der Waals surface area contributed by atoms with Crippen LogP contribution in [0.25, 0.3) is 16.1 Å². The molecule has 0 fully saturated rings. The van der Waals surface area contributed by atoms with Crippen LogP contribution in [0, 0.1) is 24.8 Å². The van der Waals surface area contributed by atoms with Gasteiger partial charge in [0.1, 0.15) is 0 Å². The second kappa shape index (κ2) is 4.47. The van der Waals surface area contributed by atoms with E-state index in [0.29, 0.717) is 11.3 Å². The molecule has 0 aliphatic heterocycles. The maximum absolute atomic E-state index is 8.84. The van der Waals surface area contributed by atoms with Crippen LogP contribution in [0.3, 0.4) is 0 Å². The summed E-state index contributed by atoms with van der Waals surface area (Å²) < 4.78 is 0. The van der Waals surface area contributed by atoms with Crippen LogP contribution in [0.1, 0.15) is 11.1 Å². The van der Waals surface area contributed by atoms with Crippen molar-refractivity contribution >= 4 is 5.69 Å². The Labute approximate surface area is 99.8 Å². The van der Waals surface area contributed by atoms with Gasteiger partial charge in [0, 0.05) is 6.20 Å². The first kappa shape index (κ1) is 10.9. The topological polar surface area (TPSA) is 41.0 Å². The summed E-state index contributed by atoms with van der Waals surface area (Å²) in [6.07, 6.45) is 1.78. The van der Waals surface area contributed by atoms with Gasteiger partial charge in [-0.2, -0.15) is 5.26 Å². The average molecular weight is 219 g/mol. The van der Waals surface area contributed by atoms with Crippen molar-refractivity contribution in [1.82, 2.24) is 4.98 Å². The van der Waals surface area contributed by atoms with Crippen LogP contribution in [0.5, 0.6) is 0 Å². The van der Waals surface area contributed by atoms with Crippen LogP contribution in [0.15, 0.2) is 36.5 Å². The molecule has 0 saturated carbocycles. The fraction of sp³-hybridized carbons (Fsp3) is 0.0714. The molecule has 0 unspecified atom stereocenters. The molecule has 0 saturated heterocycles. The van der Waals surface area contributed by atoms with Crippen LogP contribution in [0.2, 0.25) is 0 Å². The first-order chi connectivity index (χ1) is 8.24. The van der Waals surface area contributed by atoms with E-state index in [2.05, 4.69) is 9.83 Å². The predicted octanol–water partition coefficient (Wildman–Crippen LogP) is 3.48. The number of nitriles is 1. The summed E-state index contributed by atoms with van der Waals surface area (Å²) in [6.45, 7) is 9.01. The summed E-state index contributed by atoms with van der Waals surface area (Å²) in [5.41, 5.74) is 3.52. The van der Waals surface area contributed by atoms with Gasteiger partial charge in [-0.05, 0) is 30.2 Å². The lowest BCUT2D eigenvalue weighted by Crippen LogP contribution is -1.85. The third-order valence-corrected chi connectivity index (χ3v) is 2.45. The Hall–Kier alpha value is -2.65. The fourth-order valence-electron chi connectivity index (χ4n) is 1.52. The third-order valence-electron chi connectivity index (χ3n) is 2.45. The minimum Gasteiger partial charge on any atom is -0.256 e. The number of aromatic nitrogens is 1. The number of hydrogen-bond acceptors (Lipinski definition) is 2. The highest BCUT2D eigenvalue weighted by Crippen LogP contribution is 2.26. The van der Waals surface area contributed by atoms with Crippen molar-refractivity contribution in [2.45, 2.75) is 6.92 Å². The predicted molar refractivity (Wildman–Crippen MR) is 65.4 cm³/mol. The number of aryl methyl sites for hydroxylation is 1. The molecule has 80 valence electrons. The summed E-state index contributed by atoms with van der Waals surface area (Å²) in [5.74, 6) is 0. The van der Waals surface area contributed by atoms with E-state index >= 15 is 0 Å². The summed E-state index contributed by atoms with van der Waals surface area (Å²) >= 11 is 0. The molecule has 0 bridgehead atoms. The minimum atomic E-state index is 0.368. The van der Waals surface area contributed by atoms with Crippen LogP contribution in [0.4, 0.5) is 5.69 Å². The molecule has 0 N–H and O–H groups in total. The highest BCUT2D eigenvalue weighted by molar-refractivity contribution is 5.70. The molecule has 3 heteroatoms. The Morgan fingerprint density at radius 3 is 2.71 bits per heavy atom. The van der Waals surface area contributed by atoms with E-state index in [1.165, 1.54) is 0 Å². The first-order valence-corrected chi connectivity index (χ1v) is 5.09. The zero-order valence-electron chi connectivity index (χ0n) is 9.31. The lowest BCUT2D eigenvalue weighted by molar-refractivity contribution is 1.27. The van der Waals surface area contributed by atoms with Gasteiger partial charge in [-0.25, -0.2) is 4.85 Å². The lowest BCUT2D eigenvalue weighted by Gasteiger charge is -2.02. The number of rotatable bonds is 1. The molecule has 1 heterocycles. The monoisotopic (exact) mass is 219 g/mol. The van der Waals surface area contributed by atoms with Gasteiger partial charge in [0.05, 0.1) is 23.9 Å². The summed E-state index contributed by atoms with van der Waals surface area (Å²) in [5, 5.41) is 8.84. The number of pyridine rings is 1. The van der Waals surface area contributed by atoms with Crippen molar-refractivity contribution in [2.24, 2.45) is 0 Å². The van der Waals surface area contributed by atoms with Crippen molar-refractivity contribution in [3.05, 3.63) is 59.1 Å². The third kappa shape index (κ3) is 2.14. The standard InChI is InChI=1S/C14H9N3/c1-10-3-6-13(17-9-10)11-4-5-12(8-15)14(7-11)16-2/h3-7,9H,1H3. The lowest BCUT2D eigenvalue weighted by atomic mass is 10.1. The largest absolute Gasteiger partial charge is 0.256 e. The van der Waals surface area contributed by atoms with E-state index in [-0.39, 0.29) is 0 Å². The van der Waals surface area contributed by atoms with Gasteiger partial charge < -0.3 is 0 Å². The second-order valence-electron chi connectivity index (χ2n) is 3.68. The molecule has 0 radical (unpaired) electrons. The van der Waals surface area contributed by atoms with Gasteiger partial charge in [0.2, 0.25) is 5.69 Å². The van der Waals surface area contributed by atoms with Crippen molar-refractivity contribution in [2.75, 3.05) is 0 Å². The summed E-state index contributed by atoms with van der Waals surface area (Å²) in [4.78, 5) is 7.64. The molecular formula is C14H9N3. The maximum atomic E-state index is 8.84. The number of nitrogens with zero attached hydrogens (tertiary/aromatic N) is 3. The molecule has 0 spiro atoms. The molecule has 3 nitrogen and oxygen atoms in total. The van der Waals surface area contributed by atoms with Crippen molar-refractivity contribution in [1.29, 1.82) is 5.26 Å². The van der Waals surface area contributed by atoms with Gasteiger partial charge in [-0.1, -0.05) is 18.2 Å². The van der Waals surface area contributed by atoms with Gasteiger partial charge in [-0.3, -0.25) is 4.98 Å². The van der Waals surface area contributed by atoms with Crippen LogP contribution in [-0.4, -0.2) is 4.98 Å². The molecule has 2 aromatic rings. The SMILES string of the molecule is [C-]#[N+]c1cc(-c2ccc(C)cn2)ccc1C#N. The molecule has 0 aliphatic carbocycles. The van der Waals surface area contributed by atoms with Crippen LogP contribution >= 0.6 is 0 Å². The Morgan fingerprint density at radius 2 is 2.12 bits per heavy atom. The van der Waals surface area contributed by atoms with E-state index in [0.717, 1.165) is 16.8 Å². The number of benzene rings is 1. The molecule has 1 aromatic carbocycles. The zero-order chi connectivity index (χ0) is 12.3. The normalized spacial score (nSPS) is 9.35. The molecule has 0 atom stereocenters. The average Bonchev–Trinajstić information content (AvgIpc) is 2.39. The quantitative estimate of drug-likeness (QED) is 0.689. The zero-order valence-corrected chi connectivity index (χ0v) is 9.31. The Morgan fingerprint density at radius 1 is 1.29 bits per heavy atom. The summed E-state index contributed by atoms with van der Waals surface area (Å²) in [7, 11) is 0. The van der Waals surface area contributed by atoms with E-state index in [4.69, 9.17) is 11.8 Å². The number of hydrogen-bond donors (Lipinski definition) is 0. The first-order valence-electron chi connectivity index (χ1n) is 5.09. The van der Waals surface area contributed by atoms with E-state index in [9.17, 15) is 0 Å². The van der Waals surface area contributed by atoms with Crippen molar-refractivity contribution in [3.63, 3.8) is 0 Å². The van der Waals surface area contributed by atoms with Gasteiger partial charge in [-0.15, -0.1) is 0 Å². The maximum Gasteiger partial charge on any atom is 0.205 e. The van der Waals surface area contributed by atoms with Gasteiger partial charge in [0.15, 0.2) is 0 Å². The fourth-order valence-corrected chi connectivity index (χ4v) is 1.52. The van der Waals surface area contributed by atoms with Crippen molar-refractivity contribution in [3.8, 4) is 17.3 Å². The molecular weight excluding hydrogens is 210 g/mol. The molecule has 2 rings (SSSR count). The molecule has 0 amide bonds. The second-order valence-corrected chi connectivity index (χ2v) is 3.68.